The number of benzene rings is 2. The van der Waals surface area contributed by atoms with Crippen LogP contribution in [0.15, 0.2) is 60.7 Å². The molecular formula is C21H19N3S. The summed E-state index contributed by atoms with van der Waals surface area (Å²) in [5, 5.41) is 4.56. The van der Waals surface area contributed by atoms with Crippen molar-refractivity contribution in [3.63, 3.8) is 0 Å². The molecule has 2 heterocycles. The van der Waals surface area contributed by atoms with Crippen LogP contribution >= 0.6 is 11.3 Å². The van der Waals surface area contributed by atoms with Gasteiger partial charge < -0.3 is 5.32 Å². The van der Waals surface area contributed by atoms with Crippen molar-refractivity contribution in [2.45, 2.75) is 20.3 Å². The van der Waals surface area contributed by atoms with Gasteiger partial charge in [-0.15, -0.1) is 11.3 Å². The van der Waals surface area contributed by atoms with Gasteiger partial charge in [-0.1, -0.05) is 55.0 Å². The van der Waals surface area contributed by atoms with E-state index < -0.39 is 0 Å². The normalized spacial score (nSPS) is 11.0. The molecule has 0 fully saturated rings. The number of thiophene rings is 1. The van der Waals surface area contributed by atoms with Crippen molar-refractivity contribution in [3.8, 4) is 11.4 Å². The van der Waals surface area contributed by atoms with Crippen molar-refractivity contribution >= 4 is 33.1 Å². The first-order chi connectivity index (χ1) is 12.2. The Morgan fingerprint density at radius 3 is 2.44 bits per heavy atom. The molecule has 0 saturated carbocycles. The zero-order valence-corrected chi connectivity index (χ0v) is 15.1. The van der Waals surface area contributed by atoms with Gasteiger partial charge in [-0.25, -0.2) is 9.97 Å². The number of hydrogen-bond acceptors (Lipinski definition) is 4. The molecule has 1 N–H and O–H groups in total. The van der Waals surface area contributed by atoms with Crippen molar-refractivity contribution in [2.75, 3.05) is 5.32 Å². The monoisotopic (exact) mass is 345 g/mol. The average Bonchev–Trinajstić information content (AvgIpc) is 3.08. The van der Waals surface area contributed by atoms with Crippen LogP contribution in [0.1, 0.15) is 17.4 Å². The Kier molecular flexibility index (Phi) is 4.20. The second-order valence-corrected chi connectivity index (χ2v) is 7.15. The van der Waals surface area contributed by atoms with Crippen LogP contribution in [0.25, 0.3) is 21.6 Å². The fourth-order valence-electron chi connectivity index (χ4n) is 2.73. The minimum atomic E-state index is 0.757. The van der Waals surface area contributed by atoms with Gasteiger partial charge in [0, 0.05) is 16.1 Å². The quantitative estimate of drug-likeness (QED) is 0.495. The largest absolute Gasteiger partial charge is 0.340 e. The topological polar surface area (TPSA) is 37.8 Å². The number of nitrogens with one attached hydrogen (secondary N) is 1. The van der Waals surface area contributed by atoms with Gasteiger partial charge in [0.15, 0.2) is 5.82 Å². The second kappa shape index (κ2) is 6.65. The van der Waals surface area contributed by atoms with Gasteiger partial charge in [0.05, 0.1) is 5.39 Å². The van der Waals surface area contributed by atoms with Crippen LogP contribution in [0, 0.1) is 6.92 Å². The molecule has 0 amide bonds. The minimum absolute atomic E-state index is 0.757. The van der Waals surface area contributed by atoms with Crippen LogP contribution in [0.5, 0.6) is 0 Å². The summed E-state index contributed by atoms with van der Waals surface area (Å²) < 4.78 is 0. The van der Waals surface area contributed by atoms with E-state index in [1.807, 2.05) is 30.3 Å². The number of rotatable bonds is 4. The van der Waals surface area contributed by atoms with Gasteiger partial charge in [-0.05, 0) is 31.5 Å². The smallest absolute Gasteiger partial charge is 0.163 e. The highest BCUT2D eigenvalue weighted by atomic mass is 32.1. The molecule has 4 rings (SSSR count). The van der Waals surface area contributed by atoms with Crippen LogP contribution in [0.3, 0.4) is 0 Å². The molecule has 4 heteroatoms. The third kappa shape index (κ3) is 3.26. The third-order valence-corrected chi connectivity index (χ3v) is 5.31. The lowest BCUT2D eigenvalue weighted by molar-refractivity contribution is 1.19. The Bertz CT molecular complexity index is 1000. The van der Waals surface area contributed by atoms with E-state index >= 15 is 0 Å². The summed E-state index contributed by atoms with van der Waals surface area (Å²) >= 11 is 1.74. The molecule has 124 valence electrons. The van der Waals surface area contributed by atoms with Crippen LogP contribution in [-0.2, 0) is 6.42 Å². The number of aromatic nitrogens is 2. The highest BCUT2D eigenvalue weighted by molar-refractivity contribution is 7.18. The van der Waals surface area contributed by atoms with Crippen LogP contribution in [-0.4, -0.2) is 9.97 Å². The van der Waals surface area contributed by atoms with Crippen molar-refractivity contribution in [2.24, 2.45) is 0 Å². The first-order valence-corrected chi connectivity index (χ1v) is 9.24. The molecule has 0 aliphatic heterocycles. The van der Waals surface area contributed by atoms with Gasteiger partial charge in [0.25, 0.3) is 0 Å². The molecule has 2 aromatic carbocycles. The van der Waals surface area contributed by atoms with E-state index in [1.165, 1.54) is 10.4 Å². The Morgan fingerprint density at radius 2 is 1.72 bits per heavy atom. The number of fused-ring (bicyclic) bond motifs is 1. The number of hydrogen-bond donors (Lipinski definition) is 1. The van der Waals surface area contributed by atoms with Crippen molar-refractivity contribution in [3.05, 3.63) is 71.1 Å². The van der Waals surface area contributed by atoms with Crippen molar-refractivity contribution in [1.29, 1.82) is 0 Å². The van der Waals surface area contributed by atoms with Gasteiger partial charge in [0.2, 0.25) is 0 Å². The highest BCUT2D eigenvalue weighted by Crippen LogP contribution is 2.33. The second-order valence-electron chi connectivity index (χ2n) is 6.04. The van der Waals surface area contributed by atoms with Crippen molar-refractivity contribution in [1.82, 2.24) is 9.97 Å². The number of anilines is 2. The molecule has 0 unspecified atom stereocenters. The van der Waals surface area contributed by atoms with Gasteiger partial charge in [-0.2, -0.15) is 0 Å². The molecule has 0 radical (unpaired) electrons. The summed E-state index contributed by atoms with van der Waals surface area (Å²) in [7, 11) is 0. The number of aryl methyl sites for hydroxylation is 2. The van der Waals surface area contributed by atoms with Crippen LogP contribution in [0.4, 0.5) is 11.5 Å². The van der Waals surface area contributed by atoms with E-state index in [0.29, 0.717) is 0 Å². The maximum atomic E-state index is 4.82. The summed E-state index contributed by atoms with van der Waals surface area (Å²) in [5.41, 5.74) is 3.31. The maximum Gasteiger partial charge on any atom is 0.163 e. The molecular weight excluding hydrogens is 326 g/mol. The zero-order valence-electron chi connectivity index (χ0n) is 14.3. The van der Waals surface area contributed by atoms with E-state index in [1.54, 1.807) is 11.3 Å². The first-order valence-electron chi connectivity index (χ1n) is 8.42. The lowest BCUT2D eigenvalue weighted by Crippen LogP contribution is -1.98. The Balaban J connectivity index is 1.85. The molecule has 0 aliphatic carbocycles. The minimum Gasteiger partial charge on any atom is -0.340 e. The molecule has 0 atom stereocenters. The van der Waals surface area contributed by atoms with Gasteiger partial charge in [0.1, 0.15) is 10.6 Å². The Labute approximate surface area is 151 Å². The van der Waals surface area contributed by atoms with E-state index in [-0.39, 0.29) is 0 Å². The summed E-state index contributed by atoms with van der Waals surface area (Å²) in [5.74, 6) is 1.62. The Morgan fingerprint density at radius 1 is 0.960 bits per heavy atom. The first kappa shape index (κ1) is 15.8. The summed E-state index contributed by atoms with van der Waals surface area (Å²) in [6, 6.07) is 20.7. The summed E-state index contributed by atoms with van der Waals surface area (Å²) in [6.45, 7) is 4.26. The molecule has 0 saturated heterocycles. The van der Waals surface area contributed by atoms with E-state index in [4.69, 9.17) is 9.97 Å². The van der Waals surface area contributed by atoms with E-state index in [0.717, 1.165) is 39.5 Å². The van der Waals surface area contributed by atoms with Crippen molar-refractivity contribution < 1.29 is 0 Å². The molecule has 0 bridgehead atoms. The molecule has 4 aromatic rings. The predicted molar refractivity (Wildman–Crippen MR) is 107 cm³/mol. The fraction of sp³-hybridized carbons (Fsp3) is 0.143. The maximum absolute atomic E-state index is 4.82. The lowest BCUT2D eigenvalue weighted by atomic mass is 10.2. The van der Waals surface area contributed by atoms with Crippen LogP contribution in [0.2, 0.25) is 0 Å². The zero-order chi connectivity index (χ0) is 17.2. The molecule has 2 aromatic heterocycles. The fourth-order valence-corrected chi connectivity index (χ4v) is 3.70. The predicted octanol–water partition coefficient (Wildman–Crippen LogP) is 5.97. The standard InChI is InChI=1S/C21H19N3S/c1-3-17-13-18-20(22-16-11-9-14(2)10-12-16)23-19(24-21(18)25-17)15-7-5-4-6-8-15/h4-13H,3H2,1-2H3,(H,22,23,24). The molecule has 0 aliphatic rings. The SMILES string of the molecule is CCc1cc2c(Nc3ccc(C)cc3)nc(-c3ccccc3)nc2s1. The summed E-state index contributed by atoms with van der Waals surface area (Å²) in [6.07, 6.45) is 1.01. The highest BCUT2D eigenvalue weighted by Gasteiger charge is 2.13. The molecule has 25 heavy (non-hydrogen) atoms. The third-order valence-electron chi connectivity index (χ3n) is 4.14. The van der Waals surface area contributed by atoms with Gasteiger partial charge in [-0.3, -0.25) is 0 Å². The Hall–Kier alpha value is -2.72. The number of nitrogens with zero attached hydrogens (tertiary/aromatic N) is 2. The van der Waals surface area contributed by atoms with E-state index in [9.17, 15) is 0 Å². The van der Waals surface area contributed by atoms with Gasteiger partial charge >= 0.3 is 0 Å². The van der Waals surface area contributed by atoms with Crippen LogP contribution < -0.4 is 5.32 Å². The van der Waals surface area contributed by atoms with E-state index in [2.05, 4.69) is 49.5 Å². The lowest BCUT2D eigenvalue weighted by Gasteiger charge is -2.09. The molecule has 3 nitrogen and oxygen atoms in total. The summed E-state index contributed by atoms with van der Waals surface area (Å²) in [4.78, 5) is 12.0. The molecule has 0 spiro atoms. The average molecular weight is 345 g/mol.